The van der Waals surface area contributed by atoms with E-state index < -0.39 is 13.9 Å². The molecule has 0 bridgehead atoms. The van der Waals surface area contributed by atoms with E-state index in [1.54, 1.807) is 4.90 Å². The van der Waals surface area contributed by atoms with Crippen LogP contribution in [0, 0.1) is 0 Å². The number of carbonyl (C=O) groups is 1. The van der Waals surface area contributed by atoms with Gasteiger partial charge in [-0.25, -0.2) is 9.78 Å². The van der Waals surface area contributed by atoms with Gasteiger partial charge in [-0.1, -0.05) is 63.2 Å². The van der Waals surface area contributed by atoms with Crippen molar-refractivity contribution < 1.29 is 18.7 Å². The van der Waals surface area contributed by atoms with Gasteiger partial charge in [0.2, 0.25) is 5.95 Å². The minimum Gasteiger partial charge on any atom is -0.493 e. The second-order valence-corrected chi connectivity index (χ2v) is 21.3. The fourth-order valence-electron chi connectivity index (χ4n) is 5.73. The Labute approximate surface area is 311 Å². The van der Waals surface area contributed by atoms with Crippen LogP contribution in [0.1, 0.15) is 79.8 Å². The lowest BCUT2D eigenvalue weighted by Crippen LogP contribution is -2.50. The van der Waals surface area contributed by atoms with Gasteiger partial charge in [-0.3, -0.25) is 0 Å². The molecule has 12 heteroatoms. The molecule has 1 saturated heterocycles. The Morgan fingerprint density at radius 3 is 2.27 bits per heavy atom. The Kier molecular flexibility index (Phi) is 12.2. The van der Waals surface area contributed by atoms with E-state index in [1.165, 1.54) is 0 Å². The maximum Gasteiger partial charge on any atom is 0.410 e. The highest BCUT2D eigenvalue weighted by Gasteiger charge is 2.36. The van der Waals surface area contributed by atoms with Gasteiger partial charge in [-0.2, -0.15) is 9.97 Å². The first-order valence-corrected chi connectivity index (χ1v) is 21.6. The first-order valence-electron chi connectivity index (χ1n) is 18.7. The fourth-order valence-corrected chi connectivity index (χ4v) is 6.82. The molecule has 0 spiro atoms. The van der Waals surface area contributed by atoms with Gasteiger partial charge in [-0.05, 0) is 82.8 Å². The van der Waals surface area contributed by atoms with E-state index >= 15 is 0 Å². The maximum atomic E-state index is 12.7. The van der Waals surface area contributed by atoms with Crippen LogP contribution in [0.5, 0.6) is 5.75 Å². The number of rotatable bonds is 13. The fraction of sp³-hybridized carbons (Fsp3) is 0.550. The normalized spacial score (nSPS) is 14.3. The summed E-state index contributed by atoms with van der Waals surface area (Å²) < 4.78 is 20.5. The second-order valence-electron chi connectivity index (χ2n) is 16.5. The van der Waals surface area contributed by atoms with E-state index in [0.29, 0.717) is 51.1 Å². The molecule has 1 fully saturated rings. The van der Waals surface area contributed by atoms with Gasteiger partial charge in [0.15, 0.2) is 25.3 Å². The molecular formula is C40H59N7O4Si. The Bertz CT molecular complexity index is 1790. The molecule has 0 unspecified atom stereocenters. The molecule has 0 radical (unpaired) electrons. The number of aromatic nitrogens is 4. The average molecular weight is 730 g/mol. The van der Waals surface area contributed by atoms with Crippen molar-refractivity contribution in [1.82, 2.24) is 24.4 Å². The van der Waals surface area contributed by atoms with Crippen LogP contribution in [0.25, 0.3) is 22.3 Å². The number of amides is 1. The Hall–Kier alpha value is -4.16. The Morgan fingerprint density at radius 1 is 0.923 bits per heavy atom. The van der Waals surface area contributed by atoms with Gasteiger partial charge in [0.05, 0.1) is 12.9 Å². The van der Waals surface area contributed by atoms with E-state index in [9.17, 15) is 4.79 Å². The third-order valence-corrected chi connectivity index (χ3v) is 14.4. The number of hydrogen-bond acceptors (Lipinski definition) is 9. The van der Waals surface area contributed by atoms with Crippen LogP contribution >= 0.6 is 0 Å². The molecule has 2 aromatic heterocycles. The molecule has 1 N–H and O–H groups in total. The van der Waals surface area contributed by atoms with Crippen LogP contribution in [-0.4, -0.2) is 83.8 Å². The summed E-state index contributed by atoms with van der Waals surface area (Å²) >= 11 is 0. The summed E-state index contributed by atoms with van der Waals surface area (Å²) in [6, 6.07) is 16.9. The summed E-state index contributed by atoms with van der Waals surface area (Å²) in [4.78, 5) is 31.3. The molecule has 1 aliphatic rings. The SMILES string of the molecule is CC(C)n1cnc2c(NCc3ccc(-c4ccccc4)c(OCCCCO[Si](C)(C)C(C)(C)C)c3)nc(N3CCN(C(=O)OC(C)(C)C)CC3)nc21. The van der Waals surface area contributed by atoms with Crippen molar-refractivity contribution in [1.29, 1.82) is 0 Å². The molecule has 1 amide bonds. The summed E-state index contributed by atoms with van der Waals surface area (Å²) in [7, 11) is -1.76. The molecule has 5 rings (SSSR count). The van der Waals surface area contributed by atoms with Gasteiger partial charge < -0.3 is 33.6 Å². The van der Waals surface area contributed by atoms with E-state index in [-0.39, 0.29) is 17.2 Å². The summed E-state index contributed by atoms with van der Waals surface area (Å²) in [5.41, 5.74) is 4.22. The van der Waals surface area contributed by atoms with Crippen molar-refractivity contribution in [2.75, 3.05) is 49.6 Å². The van der Waals surface area contributed by atoms with Gasteiger partial charge in [0.1, 0.15) is 11.4 Å². The quantitative estimate of drug-likeness (QED) is 0.107. The maximum absolute atomic E-state index is 12.7. The van der Waals surface area contributed by atoms with Crippen molar-refractivity contribution >= 4 is 37.3 Å². The number of ether oxygens (including phenoxy) is 2. The molecule has 3 heterocycles. The number of piperazine rings is 1. The van der Waals surface area contributed by atoms with E-state index in [0.717, 1.165) is 53.1 Å². The summed E-state index contributed by atoms with van der Waals surface area (Å²) in [6.07, 6.45) is 3.41. The number of carbonyl (C=O) groups excluding carboxylic acids is 1. The van der Waals surface area contributed by atoms with Crippen LogP contribution in [-0.2, 0) is 15.7 Å². The van der Waals surface area contributed by atoms with Crippen molar-refractivity contribution in [2.45, 2.75) is 105 Å². The zero-order chi connectivity index (χ0) is 37.7. The summed E-state index contributed by atoms with van der Waals surface area (Å²) in [5.74, 6) is 2.14. The number of benzene rings is 2. The highest BCUT2D eigenvalue weighted by Crippen LogP contribution is 2.37. The monoisotopic (exact) mass is 729 g/mol. The standard InChI is InChI=1S/C40H59N7O4Si/c1-29(2)47-28-42-34-35(43-37(44-36(34)47)45-20-22-46(23-21-45)38(48)51-39(3,4)5)41-27-30-18-19-32(31-16-12-11-13-17-31)33(26-30)49-24-14-15-25-50-52(9,10)40(6,7)8/h11-13,16-19,26,28-29H,14-15,20-25,27H2,1-10H3,(H,41,43,44). The molecule has 4 aromatic rings. The molecule has 52 heavy (non-hydrogen) atoms. The van der Waals surface area contributed by atoms with Crippen molar-refractivity contribution in [3.63, 3.8) is 0 Å². The van der Waals surface area contributed by atoms with Crippen LogP contribution in [0.15, 0.2) is 54.9 Å². The summed E-state index contributed by atoms with van der Waals surface area (Å²) in [6.45, 7) is 25.5. The van der Waals surface area contributed by atoms with Crippen LogP contribution in [0.3, 0.4) is 0 Å². The predicted octanol–water partition coefficient (Wildman–Crippen LogP) is 8.92. The number of hydrogen-bond donors (Lipinski definition) is 1. The molecule has 2 aromatic carbocycles. The minimum absolute atomic E-state index is 0.175. The lowest BCUT2D eigenvalue weighted by Gasteiger charge is -2.36. The van der Waals surface area contributed by atoms with Gasteiger partial charge in [0, 0.05) is 50.9 Å². The van der Waals surface area contributed by atoms with Crippen molar-refractivity contribution in [3.8, 4) is 16.9 Å². The summed E-state index contributed by atoms with van der Waals surface area (Å²) in [5, 5.41) is 3.78. The predicted molar refractivity (Wildman–Crippen MR) is 213 cm³/mol. The largest absolute Gasteiger partial charge is 0.493 e. The molecule has 11 nitrogen and oxygen atoms in total. The average Bonchev–Trinajstić information content (AvgIpc) is 3.53. The van der Waals surface area contributed by atoms with E-state index in [1.807, 2.05) is 33.2 Å². The van der Waals surface area contributed by atoms with Gasteiger partial charge in [0.25, 0.3) is 0 Å². The van der Waals surface area contributed by atoms with E-state index in [2.05, 4.69) is 105 Å². The molecule has 1 aliphatic heterocycles. The van der Waals surface area contributed by atoms with E-state index in [4.69, 9.17) is 28.9 Å². The van der Waals surface area contributed by atoms with Crippen LogP contribution in [0.2, 0.25) is 18.1 Å². The highest BCUT2D eigenvalue weighted by atomic mass is 28.4. The van der Waals surface area contributed by atoms with Gasteiger partial charge in [-0.15, -0.1) is 0 Å². The molecule has 0 atom stereocenters. The molecule has 0 aliphatic carbocycles. The van der Waals surface area contributed by atoms with Crippen molar-refractivity contribution in [2.24, 2.45) is 0 Å². The highest BCUT2D eigenvalue weighted by molar-refractivity contribution is 6.74. The van der Waals surface area contributed by atoms with Gasteiger partial charge >= 0.3 is 6.09 Å². The lowest BCUT2D eigenvalue weighted by atomic mass is 10.0. The number of imidazole rings is 1. The first kappa shape index (κ1) is 39.1. The zero-order valence-corrected chi connectivity index (χ0v) is 34.0. The van der Waals surface area contributed by atoms with Crippen LogP contribution in [0.4, 0.5) is 16.6 Å². The number of anilines is 2. The number of nitrogens with zero attached hydrogens (tertiary/aromatic N) is 6. The third-order valence-electron chi connectivity index (χ3n) is 9.84. The van der Waals surface area contributed by atoms with Crippen LogP contribution < -0.4 is 15.0 Å². The molecule has 282 valence electrons. The van der Waals surface area contributed by atoms with Crippen molar-refractivity contribution in [3.05, 3.63) is 60.4 Å². The third kappa shape index (κ3) is 9.83. The Morgan fingerprint density at radius 2 is 1.62 bits per heavy atom. The number of unbranched alkanes of at least 4 members (excludes halogenated alkanes) is 1. The topological polar surface area (TPSA) is 107 Å². The molecular weight excluding hydrogens is 671 g/mol. The Balaban J connectivity index is 1.31. The lowest BCUT2D eigenvalue weighted by molar-refractivity contribution is 0.0240. The minimum atomic E-state index is -1.76. The second kappa shape index (κ2) is 16.2. The first-order chi connectivity index (χ1) is 24.5. The smallest absolute Gasteiger partial charge is 0.410 e. The molecule has 0 saturated carbocycles. The zero-order valence-electron chi connectivity index (χ0n) is 33.0. The number of fused-ring (bicyclic) bond motifs is 1. The number of nitrogens with one attached hydrogen (secondary N) is 1.